The van der Waals surface area contributed by atoms with Gasteiger partial charge >= 0.3 is 0 Å². The molecule has 2 rings (SSSR count). The minimum atomic E-state index is 0.923. The van der Waals surface area contributed by atoms with Crippen LogP contribution in [-0.4, -0.2) is 27.5 Å². The summed E-state index contributed by atoms with van der Waals surface area (Å²) in [7, 11) is 2.06. The Hall–Kier alpha value is -0.350. The summed E-state index contributed by atoms with van der Waals surface area (Å²) >= 11 is 3.43. The van der Waals surface area contributed by atoms with Crippen LogP contribution in [0.15, 0.2) is 10.9 Å². The van der Waals surface area contributed by atoms with Crippen molar-refractivity contribution in [1.82, 2.24) is 14.5 Å². The second kappa shape index (κ2) is 5.12. The Morgan fingerprint density at radius 3 is 2.47 bits per heavy atom. The molecule has 1 aromatic heterocycles. The Morgan fingerprint density at radius 1 is 1.27 bits per heavy atom. The predicted octanol–water partition coefficient (Wildman–Crippen LogP) is 2.56. The van der Waals surface area contributed by atoms with Crippen molar-refractivity contribution in [3.05, 3.63) is 16.6 Å². The van der Waals surface area contributed by atoms with E-state index in [0.717, 1.165) is 11.3 Å². The fourth-order valence-electron chi connectivity index (χ4n) is 2.09. The third-order valence-electron chi connectivity index (χ3n) is 3.11. The summed E-state index contributed by atoms with van der Waals surface area (Å²) < 4.78 is 3.04. The van der Waals surface area contributed by atoms with Gasteiger partial charge in [-0.05, 0) is 41.9 Å². The molecule has 2 heterocycles. The van der Waals surface area contributed by atoms with Gasteiger partial charge in [0.25, 0.3) is 0 Å². The van der Waals surface area contributed by atoms with E-state index in [1.165, 1.54) is 44.5 Å². The number of hydrogen-bond donors (Lipinski definition) is 0. The number of nitrogens with zero attached hydrogens (tertiary/aromatic N) is 3. The van der Waals surface area contributed by atoms with Gasteiger partial charge in [0.1, 0.15) is 0 Å². The zero-order valence-electron chi connectivity index (χ0n) is 9.25. The molecule has 1 fully saturated rings. The molecular formula is C11H18BrN3. The highest BCUT2D eigenvalue weighted by molar-refractivity contribution is 9.10. The van der Waals surface area contributed by atoms with E-state index >= 15 is 0 Å². The van der Waals surface area contributed by atoms with Crippen molar-refractivity contribution in [1.29, 1.82) is 0 Å². The molecule has 1 aliphatic rings. The van der Waals surface area contributed by atoms with E-state index in [1.54, 1.807) is 0 Å². The van der Waals surface area contributed by atoms with Gasteiger partial charge in [0.05, 0.1) is 11.9 Å². The second-order valence-corrected chi connectivity index (χ2v) is 4.98. The van der Waals surface area contributed by atoms with Crippen LogP contribution in [0.1, 0.15) is 31.4 Å². The van der Waals surface area contributed by atoms with Gasteiger partial charge in [-0.1, -0.05) is 12.8 Å². The van der Waals surface area contributed by atoms with Crippen LogP contribution in [-0.2, 0) is 13.6 Å². The van der Waals surface area contributed by atoms with Crippen LogP contribution in [0, 0.1) is 0 Å². The van der Waals surface area contributed by atoms with Crippen LogP contribution in [0.5, 0.6) is 0 Å². The van der Waals surface area contributed by atoms with E-state index in [9.17, 15) is 0 Å². The molecule has 0 N–H and O–H groups in total. The number of aromatic nitrogens is 2. The summed E-state index contributed by atoms with van der Waals surface area (Å²) in [5.41, 5.74) is 1.30. The first-order valence-electron chi connectivity index (χ1n) is 5.66. The van der Waals surface area contributed by atoms with Gasteiger partial charge in [-0.2, -0.15) is 0 Å². The van der Waals surface area contributed by atoms with Crippen LogP contribution in [0.25, 0.3) is 0 Å². The van der Waals surface area contributed by atoms with Crippen LogP contribution in [0.3, 0.4) is 0 Å². The molecule has 1 aliphatic heterocycles. The van der Waals surface area contributed by atoms with Crippen molar-refractivity contribution in [2.24, 2.45) is 7.05 Å². The standard InChI is InChI=1S/C11H18BrN3/c1-14-10(8-13-11(14)12)9-15-6-4-2-3-5-7-15/h8H,2-7,9H2,1H3. The van der Waals surface area contributed by atoms with Gasteiger partial charge in [-0.3, -0.25) is 4.90 Å². The van der Waals surface area contributed by atoms with Gasteiger partial charge in [-0.25, -0.2) is 4.98 Å². The highest BCUT2D eigenvalue weighted by Crippen LogP contribution is 2.15. The molecule has 0 aromatic carbocycles. The van der Waals surface area contributed by atoms with Gasteiger partial charge in [0.2, 0.25) is 0 Å². The highest BCUT2D eigenvalue weighted by Gasteiger charge is 2.12. The lowest BCUT2D eigenvalue weighted by Crippen LogP contribution is -2.25. The Labute approximate surface area is 99.6 Å². The molecule has 0 unspecified atom stereocenters. The predicted molar refractivity (Wildman–Crippen MR) is 64.7 cm³/mol. The Kier molecular flexibility index (Phi) is 3.81. The molecule has 0 radical (unpaired) electrons. The molecule has 1 aromatic rings. The topological polar surface area (TPSA) is 21.1 Å². The molecule has 0 bridgehead atoms. The van der Waals surface area contributed by atoms with Gasteiger partial charge in [0, 0.05) is 13.6 Å². The molecule has 0 atom stereocenters. The summed E-state index contributed by atoms with van der Waals surface area (Å²) in [4.78, 5) is 6.80. The molecule has 0 spiro atoms. The maximum Gasteiger partial charge on any atom is 0.177 e. The molecule has 4 heteroatoms. The van der Waals surface area contributed by atoms with E-state index in [4.69, 9.17) is 0 Å². The van der Waals surface area contributed by atoms with Crippen molar-refractivity contribution < 1.29 is 0 Å². The molecule has 1 saturated heterocycles. The Bertz CT molecular complexity index is 314. The third kappa shape index (κ3) is 2.82. The molecule has 0 saturated carbocycles. The summed E-state index contributed by atoms with van der Waals surface area (Å²) in [5, 5.41) is 0. The number of imidazole rings is 1. The highest BCUT2D eigenvalue weighted by atomic mass is 79.9. The first-order chi connectivity index (χ1) is 7.27. The fraction of sp³-hybridized carbons (Fsp3) is 0.727. The van der Waals surface area contributed by atoms with Gasteiger partial charge in [-0.15, -0.1) is 0 Å². The van der Waals surface area contributed by atoms with E-state index in [-0.39, 0.29) is 0 Å². The SMILES string of the molecule is Cn1c(CN2CCCCCC2)cnc1Br. The van der Waals surface area contributed by atoms with Crippen molar-refractivity contribution in [2.75, 3.05) is 13.1 Å². The van der Waals surface area contributed by atoms with Crippen molar-refractivity contribution in [3.8, 4) is 0 Å². The lowest BCUT2D eigenvalue weighted by atomic mass is 10.2. The van der Waals surface area contributed by atoms with Crippen LogP contribution >= 0.6 is 15.9 Å². The summed E-state index contributed by atoms with van der Waals surface area (Å²) in [5.74, 6) is 0. The van der Waals surface area contributed by atoms with Gasteiger partial charge in [0.15, 0.2) is 4.73 Å². The van der Waals surface area contributed by atoms with E-state index in [1.807, 2.05) is 6.20 Å². The zero-order chi connectivity index (χ0) is 10.7. The number of halogens is 1. The number of likely N-dealkylation sites (tertiary alicyclic amines) is 1. The van der Waals surface area contributed by atoms with E-state index in [2.05, 4.69) is 37.4 Å². The Morgan fingerprint density at radius 2 is 1.93 bits per heavy atom. The average Bonchev–Trinajstić information content (AvgIpc) is 2.50. The minimum Gasteiger partial charge on any atom is -0.325 e. The van der Waals surface area contributed by atoms with Crippen LogP contribution in [0.4, 0.5) is 0 Å². The Balaban J connectivity index is 1.98. The normalized spacial score (nSPS) is 19.1. The smallest absolute Gasteiger partial charge is 0.177 e. The molecule has 0 amide bonds. The van der Waals surface area contributed by atoms with Crippen molar-refractivity contribution in [2.45, 2.75) is 32.2 Å². The zero-order valence-corrected chi connectivity index (χ0v) is 10.8. The summed E-state index contributed by atoms with van der Waals surface area (Å²) in [6.45, 7) is 3.51. The molecule has 3 nitrogen and oxygen atoms in total. The second-order valence-electron chi connectivity index (χ2n) is 4.27. The summed E-state index contributed by atoms with van der Waals surface area (Å²) in [6.07, 6.45) is 7.45. The molecular weight excluding hydrogens is 254 g/mol. The van der Waals surface area contributed by atoms with E-state index < -0.39 is 0 Å². The van der Waals surface area contributed by atoms with Gasteiger partial charge < -0.3 is 4.57 Å². The monoisotopic (exact) mass is 271 g/mol. The largest absolute Gasteiger partial charge is 0.325 e. The first kappa shape index (κ1) is 11.1. The third-order valence-corrected chi connectivity index (χ3v) is 3.85. The lowest BCUT2D eigenvalue weighted by Gasteiger charge is -2.19. The lowest BCUT2D eigenvalue weighted by molar-refractivity contribution is 0.271. The average molecular weight is 272 g/mol. The molecule has 0 aliphatic carbocycles. The number of hydrogen-bond acceptors (Lipinski definition) is 2. The first-order valence-corrected chi connectivity index (χ1v) is 6.45. The van der Waals surface area contributed by atoms with Crippen LogP contribution in [0.2, 0.25) is 0 Å². The quantitative estimate of drug-likeness (QED) is 0.825. The van der Waals surface area contributed by atoms with Crippen LogP contribution < -0.4 is 0 Å². The molecule has 84 valence electrons. The number of rotatable bonds is 2. The van der Waals surface area contributed by atoms with Crippen molar-refractivity contribution >= 4 is 15.9 Å². The van der Waals surface area contributed by atoms with Crippen molar-refractivity contribution in [3.63, 3.8) is 0 Å². The minimum absolute atomic E-state index is 0.923. The summed E-state index contributed by atoms with van der Waals surface area (Å²) in [6, 6.07) is 0. The fourth-order valence-corrected chi connectivity index (χ4v) is 2.42. The van der Waals surface area contributed by atoms with E-state index in [0.29, 0.717) is 0 Å². The maximum atomic E-state index is 4.26. The maximum absolute atomic E-state index is 4.26. The molecule has 15 heavy (non-hydrogen) atoms.